The zero-order chi connectivity index (χ0) is 17.9. The van der Waals surface area contributed by atoms with Crippen LogP contribution in [-0.4, -0.2) is 20.8 Å². The Kier molecular flexibility index (Phi) is 4.80. The molecule has 0 spiro atoms. The number of hydrogen-bond acceptors (Lipinski definition) is 4. The van der Waals surface area contributed by atoms with Crippen LogP contribution in [-0.2, 0) is 13.0 Å². The summed E-state index contributed by atoms with van der Waals surface area (Å²) in [6.45, 7) is 2.50. The molecule has 132 valence electrons. The van der Waals surface area contributed by atoms with Gasteiger partial charge in [0.1, 0.15) is 5.69 Å². The maximum absolute atomic E-state index is 13.3. The lowest BCUT2D eigenvalue weighted by molar-refractivity contribution is 0.0632. The van der Waals surface area contributed by atoms with Gasteiger partial charge in [-0.1, -0.05) is 24.3 Å². The summed E-state index contributed by atoms with van der Waals surface area (Å²) in [6.07, 6.45) is 6.72. The van der Waals surface area contributed by atoms with E-state index < -0.39 is 0 Å². The minimum atomic E-state index is 0.00728. The van der Waals surface area contributed by atoms with Crippen LogP contribution >= 0.6 is 11.3 Å². The summed E-state index contributed by atoms with van der Waals surface area (Å²) in [4.78, 5) is 23.8. The maximum Gasteiger partial charge on any atom is 0.274 e. The first kappa shape index (κ1) is 16.9. The van der Waals surface area contributed by atoms with Gasteiger partial charge in [-0.05, 0) is 55.0 Å². The molecule has 1 aliphatic carbocycles. The second-order valence-corrected chi connectivity index (χ2v) is 7.71. The van der Waals surface area contributed by atoms with Crippen molar-refractivity contribution in [2.75, 3.05) is 0 Å². The first-order chi connectivity index (χ1) is 12.7. The van der Waals surface area contributed by atoms with E-state index in [1.165, 1.54) is 22.5 Å². The lowest BCUT2D eigenvalue weighted by atomic mass is 9.86. The van der Waals surface area contributed by atoms with E-state index in [0.717, 1.165) is 29.8 Å². The van der Waals surface area contributed by atoms with Crippen LogP contribution < -0.4 is 0 Å². The molecule has 0 bridgehead atoms. The molecule has 0 N–H and O–H groups in total. The van der Waals surface area contributed by atoms with Crippen molar-refractivity contribution in [3.63, 3.8) is 0 Å². The van der Waals surface area contributed by atoms with Crippen LogP contribution in [0.3, 0.4) is 0 Å². The molecule has 2 aromatic heterocycles. The summed E-state index contributed by atoms with van der Waals surface area (Å²) in [5, 5.41) is 2.78. The third kappa shape index (κ3) is 3.40. The van der Waals surface area contributed by atoms with E-state index in [2.05, 4.69) is 34.2 Å². The Balaban J connectivity index is 1.72. The van der Waals surface area contributed by atoms with Crippen LogP contribution in [0.15, 0.2) is 54.2 Å². The Bertz CT molecular complexity index is 906. The quantitative estimate of drug-likeness (QED) is 0.682. The molecule has 26 heavy (non-hydrogen) atoms. The fourth-order valence-corrected chi connectivity index (χ4v) is 4.26. The molecule has 0 saturated carbocycles. The number of pyridine rings is 1. The Morgan fingerprint density at radius 2 is 2.04 bits per heavy atom. The molecule has 5 heteroatoms. The molecule has 1 unspecified atom stereocenters. The highest BCUT2D eigenvalue weighted by Crippen LogP contribution is 2.36. The van der Waals surface area contributed by atoms with E-state index in [1.54, 1.807) is 12.4 Å². The molecule has 4 rings (SSSR count). The van der Waals surface area contributed by atoms with Crippen LogP contribution in [0.5, 0.6) is 0 Å². The van der Waals surface area contributed by atoms with Gasteiger partial charge in [0, 0.05) is 24.3 Å². The minimum Gasteiger partial charge on any atom is -0.326 e. The van der Waals surface area contributed by atoms with E-state index in [-0.39, 0.29) is 11.9 Å². The standard InChI is InChI=1S/C21H21N3OS/c1-15-23-19(14-26-15)21(25)24(13-16-9-11-22-12-10-16)20-8-4-6-17-5-2-3-7-18(17)20/h2-3,5,7,9-12,14,20H,4,6,8,13H2,1H3. The molecule has 0 aliphatic heterocycles. The molecule has 4 nitrogen and oxygen atoms in total. The number of carbonyl (C=O) groups is 1. The number of amides is 1. The first-order valence-electron chi connectivity index (χ1n) is 8.92. The topological polar surface area (TPSA) is 46.1 Å². The van der Waals surface area contributed by atoms with Crippen molar-refractivity contribution in [2.24, 2.45) is 0 Å². The number of rotatable bonds is 4. The van der Waals surface area contributed by atoms with Crippen molar-refractivity contribution in [1.82, 2.24) is 14.9 Å². The summed E-state index contributed by atoms with van der Waals surface area (Å²) in [5.41, 5.74) is 4.26. The summed E-state index contributed by atoms with van der Waals surface area (Å²) in [5.74, 6) is 0.00728. The van der Waals surface area contributed by atoms with E-state index in [1.807, 2.05) is 29.3 Å². The SMILES string of the molecule is Cc1nc(C(=O)N(Cc2ccncc2)C2CCCc3ccccc32)cs1. The van der Waals surface area contributed by atoms with E-state index in [9.17, 15) is 4.79 Å². The molecule has 1 aromatic carbocycles. The summed E-state index contributed by atoms with van der Waals surface area (Å²) >= 11 is 1.52. The lowest BCUT2D eigenvalue weighted by Gasteiger charge is -2.35. The monoisotopic (exact) mass is 363 g/mol. The Hall–Kier alpha value is -2.53. The van der Waals surface area contributed by atoms with Gasteiger partial charge >= 0.3 is 0 Å². The zero-order valence-electron chi connectivity index (χ0n) is 14.8. The van der Waals surface area contributed by atoms with Crippen LogP contribution in [0.1, 0.15) is 51.1 Å². The first-order valence-corrected chi connectivity index (χ1v) is 9.80. The third-order valence-electron chi connectivity index (χ3n) is 4.92. The molecule has 0 fully saturated rings. The van der Waals surface area contributed by atoms with Gasteiger partial charge < -0.3 is 4.90 Å². The molecule has 2 heterocycles. The van der Waals surface area contributed by atoms with Gasteiger partial charge in [-0.15, -0.1) is 11.3 Å². The number of hydrogen-bond donors (Lipinski definition) is 0. The average Bonchev–Trinajstić information content (AvgIpc) is 3.12. The molecule has 0 saturated heterocycles. The fraction of sp³-hybridized carbons (Fsp3) is 0.286. The van der Waals surface area contributed by atoms with E-state index >= 15 is 0 Å². The van der Waals surface area contributed by atoms with Crippen molar-refractivity contribution in [2.45, 2.75) is 38.8 Å². The van der Waals surface area contributed by atoms with E-state index in [4.69, 9.17) is 0 Å². The minimum absolute atomic E-state index is 0.00728. The number of carbonyl (C=O) groups excluding carboxylic acids is 1. The number of aryl methyl sites for hydroxylation is 2. The second-order valence-electron chi connectivity index (χ2n) is 6.65. The highest BCUT2D eigenvalue weighted by atomic mass is 32.1. The van der Waals surface area contributed by atoms with Crippen LogP contribution in [0.2, 0.25) is 0 Å². The largest absolute Gasteiger partial charge is 0.326 e. The summed E-state index contributed by atoms with van der Waals surface area (Å²) < 4.78 is 0. The van der Waals surface area contributed by atoms with Gasteiger partial charge in [-0.3, -0.25) is 9.78 Å². The van der Waals surface area contributed by atoms with Gasteiger partial charge in [0.05, 0.1) is 11.0 Å². The van der Waals surface area contributed by atoms with Crippen molar-refractivity contribution in [3.05, 3.63) is 81.6 Å². The number of thiazole rings is 1. The highest BCUT2D eigenvalue weighted by Gasteiger charge is 2.30. The Morgan fingerprint density at radius 3 is 2.81 bits per heavy atom. The van der Waals surface area contributed by atoms with Crippen molar-refractivity contribution >= 4 is 17.2 Å². The average molecular weight is 363 g/mol. The molecular weight excluding hydrogens is 342 g/mol. The van der Waals surface area contributed by atoms with Gasteiger partial charge in [0.2, 0.25) is 0 Å². The molecule has 1 amide bonds. The number of benzene rings is 1. The normalized spacial score (nSPS) is 16.1. The lowest BCUT2D eigenvalue weighted by Crippen LogP contribution is -2.36. The number of nitrogens with zero attached hydrogens (tertiary/aromatic N) is 3. The third-order valence-corrected chi connectivity index (χ3v) is 5.69. The smallest absolute Gasteiger partial charge is 0.274 e. The maximum atomic E-state index is 13.3. The Morgan fingerprint density at radius 1 is 1.23 bits per heavy atom. The van der Waals surface area contributed by atoms with Crippen LogP contribution in [0, 0.1) is 6.92 Å². The molecule has 1 atom stereocenters. The molecule has 1 aliphatic rings. The van der Waals surface area contributed by atoms with Crippen LogP contribution in [0.4, 0.5) is 0 Å². The fourth-order valence-electron chi connectivity index (χ4n) is 3.67. The highest BCUT2D eigenvalue weighted by molar-refractivity contribution is 7.09. The molecule has 0 radical (unpaired) electrons. The zero-order valence-corrected chi connectivity index (χ0v) is 15.6. The summed E-state index contributed by atoms with van der Waals surface area (Å²) in [7, 11) is 0. The van der Waals surface area contributed by atoms with Gasteiger partial charge in [0.15, 0.2) is 0 Å². The Labute approximate surface area is 157 Å². The van der Waals surface area contributed by atoms with Crippen molar-refractivity contribution in [1.29, 1.82) is 0 Å². The number of fused-ring (bicyclic) bond motifs is 1. The second kappa shape index (κ2) is 7.38. The van der Waals surface area contributed by atoms with Crippen molar-refractivity contribution < 1.29 is 4.79 Å². The molecule has 3 aromatic rings. The van der Waals surface area contributed by atoms with Crippen molar-refractivity contribution in [3.8, 4) is 0 Å². The van der Waals surface area contributed by atoms with E-state index in [0.29, 0.717) is 12.2 Å². The predicted molar refractivity (Wildman–Crippen MR) is 103 cm³/mol. The van der Waals surface area contributed by atoms with Crippen LogP contribution in [0.25, 0.3) is 0 Å². The summed E-state index contributed by atoms with van der Waals surface area (Å²) in [6, 6.07) is 12.5. The van der Waals surface area contributed by atoms with Gasteiger partial charge in [0.25, 0.3) is 5.91 Å². The predicted octanol–water partition coefficient (Wildman–Crippen LogP) is 4.57. The van der Waals surface area contributed by atoms with Gasteiger partial charge in [-0.25, -0.2) is 4.98 Å². The van der Waals surface area contributed by atoms with Gasteiger partial charge in [-0.2, -0.15) is 0 Å². The number of aromatic nitrogens is 2. The molecular formula is C21H21N3OS.